The number of methoxy groups -OCH3 is 2. The lowest BCUT2D eigenvalue weighted by Crippen LogP contribution is -2.32. The molecule has 0 saturated heterocycles. The molecule has 0 aromatic heterocycles. The van der Waals surface area contributed by atoms with Crippen LogP contribution in [0.5, 0.6) is 0 Å². The van der Waals surface area contributed by atoms with Gasteiger partial charge in [-0.3, -0.25) is 4.79 Å². The van der Waals surface area contributed by atoms with Crippen molar-refractivity contribution in [1.82, 2.24) is 5.32 Å². The van der Waals surface area contributed by atoms with Crippen molar-refractivity contribution >= 4 is 6.41 Å². The Kier molecular flexibility index (Phi) is 5.78. The maximum absolute atomic E-state index is 10.0. The monoisotopic (exact) mass is 161 g/mol. The summed E-state index contributed by atoms with van der Waals surface area (Å²) in [6, 6.07) is 0. The average Bonchev–Trinajstić information content (AvgIpc) is 2.03. The van der Waals surface area contributed by atoms with E-state index in [2.05, 4.69) is 5.32 Å². The molecule has 11 heavy (non-hydrogen) atoms. The molecule has 0 aliphatic carbocycles. The molecule has 0 saturated carbocycles. The number of hydrogen-bond acceptors (Lipinski definition) is 3. The van der Waals surface area contributed by atoms with E-state index in [4.69, 9.17) is 9.47 Å². The molecule has 0 radical (unpaired) electrons. The first-order valence-electron chi connectivity index (χ1n) is 3.49. The molecule has 0 heterocycles. The van der Waals surface area contributed by atoms with Gasteiger partial charge in [0.15, 0.2) is 0 Å². The Morgan fingerprint density at radius 3 is 2.45 bits per heavy atom. The first-order chi connectivity index (χ1) is 5.24. The Morgan fingerprint density at radius 2 is 2.09 bits per heavy atom. The predicted molar refractivity (Wildman–Crippen MR) is 41.1 cm³/mol. The summed E-state index contributed by atoms with van der Waals surface area (Å²) >= 11 is 0. The van der Waals surface area contributed by atoms with Gasteiger partial charge in [0.05, 0.1) is 6.10 Å². The number of rotatable bonds is 6. The van der Waals surface area contributed by atoms with Crippen molar-refractivity contribution in [3.05, 3.63) is 0 Å². The minimum atomic E-state index is -0.248. The molecule has 0 rings (SSSR count). The van der Waals surface area contributed by atoms with E-state index in [0.717, 1.165) is 0 Å². The zero-order valence-electron chi connectivity index (χ0n) is 7.16. The van der Waals surface area contributed by atoms with Crippen molar-refractivity contribution in [3.63, 3.8) is 0 Å². The van der Waals surface area contributed by atoms with Crippen LogP contribution in [0, 0.1) is 0 Å². The summed E-state index contributed by atoms with van der Waals surface area (Å²) in [6.07, 6.45) is 1.12. The topological polar surface area (TPSA) is 47.6 Å². The molecule has 2 unspecified atom stereocenters. The first-order valence-corrected chi connectivity index (χ1v) is 3.49. The van der Waals surface area contributed by atoms with Crippen molar-refractivity contribution in [3.8, 4) is 0 Å². The third-order valence-electron chi connectivity index (χ3n) is 1.49. The van der Waals surface area contributed by atoms with Crippen LogP contribution in [-0.2, 0) is 14.3 Å². The molecule has 1 N–H and O–H groups in total. The Balaban J connectivity index is 3.57. The lowest BCUT2D eigenvalue weighted by atomic mass is 10.2. The van der Waals surface area contributed by atoms with Gasteiger partial charge >= 0.3 is 0 Å². The maximum atomic E-state index is 10.0. The highest BCUT2D eigenvalue weighted by Crippen LogP contribution is 2.00. The smallest absolute Gasteiger partial charge is 0.209 e. The number of ether oxygens (including phenoxy) is 2. The third kappa shape index (κ3) is 4.75. The van der Waals surface area contributed by atoms with Crippen LogP contribution in [0.2, 0.25) is 0 Å². The van der Waals surface area contributed by atoms with Gasteiger partial charge in [-0.05, 0) is 6.92 Å². The van der Waals surface area contributed by atoms with Crippen molar-refractivity contribution in [2.24, 2.45) is 0 Å². The van der Waals surface area contributed by atoms with Gasteiger partial charge in [-0.25, -0.2) is 0 Å². The van der Waals surface area contributed by atoms with Crippen molar-refractivity contribution in [2.75, 3.05) is 14.2 Å². The van der Waals surface area contributed by atoms with Crippen LogP contribution >= 0.6 is 0 Å². The van der Waals surface area contributed by atoms with E-state index in [0.29, 0.717) is 12.8 Å². The minimum absolute atomic E-state index is 0.0902. The molecule has 0 aliphatic heterocycles. The highest BCUT2D eigenvalue weighted by Gasteiger charge is 2.09. The predicted octanol–water partition coefficient (Wildman–Crippen LogP) is 0.130. The second-order valence-electron chi connectivity index (χ2n) is 2.29. The zero-order valence-corrected chi connectivity index (χ0v) is 7.16. The van der Waals surface area contributed by atoms with Gasteiger partial charge in [-0.1, -0.05) is 0 Å². The van der Waals surface area contributed by atoms with Crippen LogP contribution < -0.4 is 5.32 Å². The summed E-state index contributed by atoms with van der Waals surface area (Å²) in [5, 5.41) is 2.51. The lowest BCUT2D eigenvalue weighted by Gasteiger charge is -2.17. The molecule has 1 amide bonds. The van der Waals surface area contributed by atoms with Gasteiger partial charge in [0.1, 0.15) is 6.23 Å². The van der Waals surface area contributed by atoms with E-state index in [-0.39, 0.29) is 12.3 Å². The fraction of sp³-hybridized carbons (Fsp3) is 0.857. The van der Waals surface area contributed by atoms with Crippen LogP contribution in [0.25, 0.3) is 0 Å². The van der Waals surface area contributed by atoms with Crippen LogP contribution in [0.1, 0.15) is 13.3 Å². The molecule has 0 spiro atoms. The van der Waals surface area contributed by atoms with Gasteiger partial charge in [0, 0.05) is 20.6 Å². The summed E-state index contributed by atoms with van der Waals surface area (Å²) < 4.78 is 9.93. The van der Waals surface area contributed by atoms with Gasteiger partial charge in [-0.2, -0.15) is 0 Å². The number of nitrogens with one attached hydrogen (secondary N) is 1. The highest BCUT2D eigenvalue weighted by atomic mass is 16.5. The van der Waals surface area contributed by atoms with E-state index in [1.54, 1.807) is 14.2 Å². The van der Waals surface area contributed by atoms with E-state index < -0.39 is 0 Å². The summed E-state index contributed by atoms with van der Waals surface area (Å²) in [4.78, 5) is 10.0. The average molecular weight is 161 g/mol. The second kappa shape index (κ2) is 6.12. The summed E-state index contributed by atoms with van der Waals surface area (Å²) in [7, 11) is 3.17. The number of carbonyl (C=O) groups excluding carboxylic acids is 1. The fourth-order valence-electron chi connectivity index (χ4n) is 0.706. The number of carbonyl (C=O) groups is 1. The fourth-order valence-corrected chi connectivity index (χ4v) is 0.706. The normalized spacial score (nSPS) is 15.5. The number of hydrogen-bond donors (Lipinski definition) is 1. The molecular weight excluding hydrogens is 146 g/mol. The maximum Gasteiger partial charge on any atom is 0.209 e. The first kappa shape index (κ1) is 10.4. The largest absolute Gasteiger partial charge is 0.382 e. The molecule has 4 heteroatoms. The SMILES string of the molecule is COC(C)CC(NC=O)OC. The Hall–Kier alpha value is -0.610. The van der Waals surface area contributed by atoms with Gasteiger partial charge in [-0.15, -0.1) is 0 Å². The Morgan fingerprint density at radius 1 is 1.45 bits per heavy atom. The molecule has 0 fully saturated rings. The molecule has 0 aromatic carbocycles. The zero-order chi connectivity index (χ0) is 8.69. The van der Waals surface area contributed by atoms with Gasteiger partial charge in [0.2, 0.25) is 6.41 Å². The number of amides is 1. The summed E-state index contributed by atoms with van der Waals surface area (Å²) in [6.45, 7) is 1.92. The summed E-state index contributed by atoms with van der Waals surface area (Å²) in [5.41, 5.74) is 0. The Labute approximate surface area is 66.9 Å². The van der Waals surface area contributed by atoms with Gasteiger partial charge < -0.3 is 14.8 Å². The third-order valence-corrected chi connectivity index (χ3v) is 1.49. The molecule has 2 atom stereocenters. The van der Waals surface area contributed by atoms with E-state index >= 15 is 0 Å². The van der Waals surface area contributed by atoms with E-state index in [1.807, 2.05) is 6.92 Å². The van der Waals surface area contributed by atoms with Crippen LogP contribution in [0.15, 0.2) is 0 Å². The second-order valence-corrected chi connectivity index (χ2v) is 2.29. The van der Waals surface area contributed by atoms with Crippen molar-refractivity contribution in [1.29, 1.82) is 0 Å². The van der Waals surface area contributed by atoms with Crippen molar-refractivity contribution < 1.29 is 14.3 Å². The van der Waals surface area contributed by atoms with Crippen molar-refractivity contribution in [2.45, 2.75) is 25.7 Å². The lowest BCUT2D eigenvalue weighted by molar-refractivity contribution is -0.113. The van der Waals surface area contributed by atoms with Crippen LogP contribution in [0.4, 0.5) is 0 Å². The Bertz CT molecular complexity index is 108. The minimum Gasteiger partial charge on any atom is -0.382 e. The quantitative estimate of drug-likeness (QED) is 0.445. The van der Waals surface area contributed by atoms with Crippen LogP contribution in [-0.4, -0.2) is 33.0 Å². The molecule has 0 aromatic rings. The standard InChI is InChI=1S/C7H15NO3/c1-6(10-2)4-7(11-3)8-5-9/h5-7H,4H2,1-3H3,(H,8,9). The summed E-state index contributed by atoms with van der Waals surface area (Å²) in [5.74, 6) is 0. The molecule has 66 valence electrons. The van der Waals surface area contributed by atoms with Crippen LogP contribution in [0.3, 0.4) is 0 Å². The highest BCUT2D eigenvalue weighted by molar-refractivity contribution is 5.46. The van der Waals surface area contributed by atoms with E-state index in [9.17, 15) is 4.79 Å². The molecule has 4 nitrogen and oxygen atoms in total. The van der Waals surface area contributed by atoms with Gasteiger partial charge in [0.25, 0.3) is 0 Å². The van der Waals surface area contributed by atoms with E-state index in [1.165, 1.54) is 0 Å². The molecule has 0 bridgehead atoms. The molecular formula is C7H15NO3. The molecule has 0 aliphatic rings.